The van der Waals surface area contributed by atoms with Crippen LogP contribution in [0.2, 0.25) is 0 Å². The molecule has 1 fully saturated rings. The summed E-state index contributed by atoms with van der Waals surface area (Å²) in [5.74, 6) is -1.88. The van der Waals surface area contributed by atoms with Gasteiger partial charge in [-0.1, -0.05) is 61.4 Å². The summed E-state index contributed by atoms with van der Waals surface area (Å²) in [6.45, 7) is 0.243. The Balaban J connectivity index is 1.40. The maximum Gasteiger partial charge on any atom is 0.407 e. The van der Waals surface area contributed by atoms with Gasteiger partial charge in [0, 0.05) is 25.6 Å². The van der Waals surface area contributed by atoms with E-state index in [0.29, 0.717) is 12.8 Å². The maximum atomic E-state index is 13.2. The average molecular weight is 481 g/mol. The van der Waals surface area contributed by atoms with E-state index >= 15 is 0 Å². The number of hydrogen-bond acceptors (Lipinski definition) is 5. The molecule has 35 heavy (non-hydrogen) atoms. The van der Waals surface area contributed by atoms with Crippen LogP contribution in [0, 0.1) is 5.92 Å². The molecular weight excluding hydrogens is 448 g/mol. The summed E-state index contributed by atoms with van der Waals surface area (Å²) in [4.78, 5) is 38.6. The van der Waals surface area contributed by atoms with Crippen LogP contribution in [0.5, 0.6) is 0 Å². The zero-order chi connectivity index (χ0) is 24.8. The van der Waals surface area contributed by atoms with Gasteiger partial charge in [0.1, 0.15) is 13.2 Å². The third kappa shape index (κ3) is 5.65. The molecule has 2 aliphatic rings. The Morgan fingerprint density at radius 2 is 1.63 bits per heavy atom. The van der Waals surface area contributed by atoms with E-state index in [0.717, 1.165) is 35.1 Å². The van der Waals surface area contributed by atoms with E-state index in [1.165, 1.54) is 12.0 Å². The van der Waals surface area contributed by atoms with Gasteiger partial charge in [-0.2, -0.15) is 0 Å². The molecule has 0 spiro atoms. The van der Waals surface area contributed by atoms with Gasteiger partial charge in [-0.3, -0.25) is 9.59 Å². The smallest absolute Gasteiger partial charge is 0.407 e. The van der Waals surface area contributed by atoms with Crippen LogP contribution in [-0.4, -0.2) is 67.4 Å². The first kappa shape index (κ1) is 24.7. The van der Waals surface area contributed by atoms with Gasteiger partial charge < -0.3 is 24.8 Å². The number of amides is 2. The van der Waals surface area contributed by atoms with Crippen molar-refractivity contribution in [2.45, 2.75) is 37.6 Å². The Kier molecular flexibility index (Phi) is 8.02. The number of nitrogens with zero attached hydrogens (tertiary/aromatic N) is 1. The molecule has 0 radical (unpaired) electrons. The minimum absolute atomic E-state index is 0.0444. The van der Waals surface area contributed by atoms with Crippen LogP contribution in [0.1, 0.15) is 42.7 Å². The maximum absolute atomic E-state index is 13.2. The van der Waals surface area contributed by atoms with Crippen molar-refractivity contribution < 1.29 is 29.0 Å². The van der Waals surface area contributed by atoms with Crippen LogP contribution in [0.3, 0.4) is 0 Å². The number of alkyl carbamates (subject to hydrolysis) is 1. The highest BCUT2D eigenvalue weighted by atomic mass is 16.5. The third-order valence-electron chi connectivity index (χ3n) is 6.93. The van der Waals surface area contributed by atoms with E-state index in [1.54, 1.807) is 0 Å². The van der Waals surface area contributed by atoms with Crippen LogP contribution in [0.15, 0.2) is 48.5 Å². The number of carboxylic acids is 1. The standard InChI is InChI=1S/C27H32N2O6/c1-34-15-14-29(16-25(30)31)26(32)22-12-6-7-13-24(22)28-27(33)35-17-23-20-10-4-2-8-18(20)19-9-3-5-11-21(19)23/h2-5,8-11,22-24H,6-7,12-17H2,1H3,(H,28,33)(H,30,31). The van der Waals surface area contributed by atoms with E-state index in [9.17, 15) is 19.5 Å². The molecule has 4 rings (SSSR count). The van der Waals surface area contributed by atoms with Gasteiger partial charge in [0.05, 0.1) is 12.5 Å². The number of fused-ring (bicyclic) bond motifs is 3. The van der Waals surface area contributed by atoms with Crippen LogP contribution in [0.4, 0.5) is 4.79 Å². The van der Waals surface area contributed by atoms with E-state index in [2.05, 4.69) is 29.6 Å². The Morgan fingerprint density at radius 1 is 1.00 bits per heavy atom. The average Bonchev–Trinajstić information content (AvgIpc) is 3.19. The van der Waals surface area contributed by atoms with Crippen LogP contribution >= 0.6 is 0 Å². The fourth-order valence-corrected chi connectivity index (χ4v) is 5.26. The van der Waals surface area contributed by atoms with Crippen molar-refractivity contribution in [3.05, 3.63) is 59.7 Å². The summed E-state index contributed by atoms with van der Waals surface area (Å²) in [5.41, 5.74) is 4.58. The quantitative estimate of drug-likeness (QED) is 0.568. The monoisotopic (exact) mass is 480 g/mol. The first-order valence-electron chi connectivity index (χ1n) is 12.1. The molecule has 8 heteroatoms. The molecule has 186 valence electrons. The van der Waals surface area contributed by atoms with E-state index in [-0.39, 0.29) is 31.6 Å². The van der Waals surface area contributed by atoms with Crippen molar-refractivity contribution in [1.82, 2.24) is 10.2 Å². The zero-order valence-corrected chi connectivity index (χ0v) is 19.9. The molecule has 2 aromatic rings. The molecule has 2 N–H and O–H groups in total. The lowest BCUT2D eigenvalue weighted by molar-refractivity contribution is -0.147. The highest BCUT2D eigenvalue weighted by Crippen LogP contribution is 2.44. The molecule has 0 bridgehead atoms. The molecule has 2 aliphatic carbocycles. The molecule has 0 aromatic heterocycles. The normalized spacial score (nSPS) is 18.9. The van der Waals surface area contributed by atoms with E-state index in [4.69, 9.17) is 9.47 Å². The second kappa shape index (κ2) is 11.4. The number of nitrogens with one attached hydrogen (secondary N) is 1. The molecule has 0 aliphatic heterocycles. The van der Waals surface area contributed by atoms with Crippen molar-refractivity contribution in [1.29, 1.82) is 0 Å². The molecule has 2 atom stereocenters. The van der Waals surface area contributed by atoms with Crippen molar-refractivity contribution in [3.63, 3.8) is 0 Å². The van der Waals surface area contributed by atoms with Crippen LogP contribution in [-0.2, 0) is 19.1 Å². The number of carboxylic acid groups (broad SMARTS) is 1. The minimum Gasteiger partial charge on any atom is -0.480 e. The number of ether oxygens (including phenoxy) is 2. The molecule has 2 aromatic carbocycles. The second-order valence-electron chi connectivity index (χ2n) is 9.11. The Morgan fingerprint density at radius 3 is 2.26 bits per heavy atom. The largest absolute Gasteiger partial charge is 0.480 e. The fourth-order valence-electron chi connectivity index (χ4n) is 5.26. The lowest BCUT2D eigenvalue weighted by Gasteiger charge is -2.34. The summed E-state index contributed by atoms with van der Waals surface area (Å²) in [7, 11) is 1.51. The number of carbonyl (C=O) groups excluding carboxylic acids is 2. The fraction of sp³-hybridized carbons (Fsp3) is 0.444. The van der Waals surface area contributed by atoms with Crippen molar-refractivity contribution in [3.8, 4) is 11.1 Å². The zero-order valence-electron chi connectivity index (χ0n) is 19.9. The first-order chi connectivity index (χ1) is 17.0. The first-order valence-corrected chi connectivity index (χ1v) is 12.1. The molecule has 2 amide bonds. The minimum atomic E-state index is -1.08. The van der Waals surface area contributed by atoms with Gasteiger partial charge >= 0.3 is 12.1 Å². The van der Waals surface area contributed by atoms with Gasteiger partial charge in [0.15, 0.2) is 0 Å². The van der Waals surface area contributed by atoms with Gasteiger partial charge in [-0.05, 0) is 35.1 Å². The number of rotatable bonds is 9. The van der Waals surface area contributed by atoms with Gasteiger partial charge in [0.2, 0.25) is 5.91 Å². The van der Waals surface area contributed by atoms with Crippen molar-refractivity contribution >= 4 is 18.0 Å². The predicted octanol–water partition coefficient (Wildman–Crippen LogP) is 3.64. The van der Waals surface area contributed by atoms with Crippen LogP contribution < -0.4 is 5.32 Å². The molecule has 1 saturated carbocycles. The Labute approximate surface area is 205 Å². The third-order valence-corrected chi connectivity index (χ3v) is 6.93. The van der Waals surface area contributed by atoms with Crippen LogP contribution in [0.25, 0.3) is 11.1 Å². The van der Waals surface area contributed by atoms with E-state index in [1.807, 2.05) is 24.3 Å². The van der Waals surface area contributed by atoms with Crippen molar-refractivity contribution in [2.24, 2.45) is 5.92 Å². The number of methoxy groups -OCH3 is 1. The topological polar surface area (TPSA) is 105 Å². The molecule has 8 nitrogen and oxygen atoms in total. The second-order valence-corrected chi connectivity index (χ2v) is 9.11. The van der Waals surface area contributed by atoms with Crippen molar-refractivity contribution in [2.75, 3.05) is 33.4 Å². The van der Waals surface area contributed by atoms with Gasteiger partial charge in [-0.15, -0.1) is 0 Å². The predicted molar refractivity (Wildman–Crippen MR) is 130 cm³/mol. The SMILES string of the molecule is COCCN(CC(=O)O)C(=O)C1CCCCC1NC(=O)OCC1c2ccccc2-c2ccccc21. The molecular formula is C27H32N2O6. The van der Waals surface area contributed by atoms with Gasteiger partial charge in [0.25, 0.3) is 0 Å². The number of hydrogen-bond donors (Lipinski definition) is 2. The van der Waals surface area contributed by atoms with Gasteiger partial charge in [-0.25, -0.2) is 4.79 Å². The molecule has 2 unspecified atom stereocenters. The highest BCUT2D eigenvalue weighted by molar-refractivity contribution is 5.84. The summed E-state index contributed by atoms with van der Waals surface area (Å²) in [6.07, 6.45) is 2.42. The summed E-state index contributed by atoms with van der Waals surface area (Å²) in [6, 6.07) is 15.9. The van der Waals surface area contributed by atoms with E-state index < -0.39 is 30.6 Å². The summed E-state index contributed by atoms with van der Waals surface area (Å²) in [5, 5.41) is 12.1. The molecule has 0 heterocycles. The highest BCUT2D eigenvalue weighted by Gasteiger charge is 2.36. The number of benzene rings is 2. The summed E-state index contributed by atoms with van der Waals surface area (Å²) >= 11 is 0. The Bertz CT molecular complexity index is 1030. The number of aliphatic carboxylic acids is 1. The number of carbonyl (C=O) groups is 3. The molecule has 0 saturated heterocycles. The Hall–Kier alpha value is -3.39. The lowest BCUT2D eigenvalue weighted by atomic mass is 9.83. The summed E-state index contributed by atoms with van der Waals surface area (Å²) < 4.78 is 10.7. The lowest BCUT2D eigenvalue weighted by Crippen LogP contribution is -2.51.